The van der Waals surface area contributed by atoms with E-state index in [4.69, 9.17) is 0 Å². The smallest absolute Gasteiger partial charge is 0.313 e. The second kappa shape index (κ2) is 8.03. The van der Waals surface area contributed by atoms with Crippen LogP contribution >= 0.6 is 0 Å². The van der Waals surface area contributed by atoms with Gasteiger partial charge in [0.25, 0.3) is 0 Å². The summed E-state index contributed by atoms with van der Waals surface area (Å²) in [5, 5.41) is 0. The van der Waals surface area contributed by atoms with Crippen LogP contribution in [-0.2, 0) is 14.3 Å². The lowest BCUT2D eigenvalue weighted by atomic mass is 10.3. The van der Waals surface area contributed by atoms with E-state index in [1.807, 2.05) is 18.7 Å². The maximum Gasteiger partial charge on any atom is 0.313 e. The van der Waals surface area contributed by atoms with Crippen molar-refractivity contribution >= 4 is 11.8 Å². The third-order valence-electron chi connectivity index (χ3n) is 1.91. The number of rotatable bonds is 7. The molecule has 0 aliphatic rings. The van der Waals surface area contributed by atoms with E-state index >= 15 is 0 Å². The van der Waals surface area contributed by atoms with Crippen LogP contribution in [0, 0.1) is 0 Å². The molecule has 0 aromatic heterocycles. The van der Waals surface area contributed by atoms with Crippen molar-refractivity contribution in [2.75, 3.05) is 19.7 Å². The molecule has 4 nitrogen and oxygen atoms in total. The monoisotopic (exact) mass is 213 g/mol. The van der Waals surface area contributed by atoms with Crippen LogP contribution < -0.4 is 0 Å². The quantitative estimate of drug-likeness (QED) is 0.364. The minimum Gasteiger partial charge on any atom is -0.466 e. The lowest BCUT2D eigenvalue weighted by Crippen LogP contribution is -2.16. The van der Waals surface area contributed by atoms with Gasteiger partial charge in [0.05, 0.1) is 6.61 Å². The number of carbonyl (C=O) groups is 2. The molecule has 0 bridgehead atoms. The summed E-state index contributed by atoms with van der Waals surface area (Å²) >= 11 is 0. The Hall–Kier alpha value is -1.32. The highest BCUT2D eigenvalue weighted by Gasteiger charge is 2.06. The summed E-state index contributed by atoms with van der Waals surface area (Å²) in [6, 6.07) is 0. The molecule has 0 amide bonds. The molecule has 4 heteroatoms. The van der Waals surface area contributed by atoms with Gasteiger partial charge in [-0.2, -0.15) is 0 Å². The predicted molar refractivity (Wildman–Crippen MR) is 58.3 cm³/mol. The lowest BCUT2D eigenvalue weighted by molar-refractivity contribution is -0.144. The van der Waals surface area contributed by atoms with Gasteiger partial charge < -0.3 is 9.64 Å². The summed E-state index contributed by atoms with van der Waals surface area (Å²) in [6.07, 6.45) is 2.96. The maximum absolute atomic E-state index is 11.3. The second-order valence-corrected chi connectivity index (χ2v) is 2.99. The van der Waals surface area contributed by atoms with E-state index in [2.05, 4.69) is 4.74 Å². The Morgan fingerprint density at radius 1 is 1.20 bits per heavy atom. The van der Waals surface area contributed by atoms with Gasteiger partial charge in [0, 0.05) is 19.3 Å². The molecule has 0 saturated heterocycles. The van der Waals surface area contributed by atoms with Gasteiger partial charge in [-0.15, -0.1) is 0 Å². The highest BCUT2D eigenvalue weighted by atomic mass is 16.5. The van der Waals surface area contributed by atoms with Crippen LogP contribution in [0.4, 0.5) is 0 Å². The van der Waals surface area contributed by atoms with E-state index in [9.17, 15) is 9.59 Å². The van der Waals surface area contributed by atoms with Crippen LogP contribution in [0.15, 0.2) is 12.3 Å². The number of ether oxygens (including phenoxy) is 1. The molecule has 0 spiro atoms. The number of esters is 1. The molecular formula is C11H19NO3. The lowest BCUT2D eigenvalue weighted by Gasteiger charge is -2.14. The largest absolute Gasteiger partial charge is 0.466 e. The van der Waals surface area contributed by atoms with E-state index in [1.165, 1.54) is 6.08 Å². The molecule has 0 atom stereocenters. The summed E-state index contributed by atoms with van der Waals surface area (Å²) < 4.78 is 4.66. The molecule has 15 heavy (non-hydrogen) atoms. The second-order valence-electron chi connectivity index (χ2n) is 2.99. The van der Waals surface area contributed by atoms with Gasteiger partial charge >= 0.3 is 5.97 Å². The Labute approximate surface area is 90.9 Å². The van der Waals surface area contributed by atoms with Crippen molar-refractivity contribution in [1.29, 1.82) is 0 Å². The first-order valence-electron chi connectivity index (χ1n) is 5.24. The molecule has 0 aromatic carbocycles. The minimum absolute atomic E-state index is 0.175. The fourth-order valence-corrected chi connectivity index (χ4v) is 1.04. The number of nitrogens with zero attached hydrogens (tertiary/aromatic N) is 1. The Bertz CT molecular complexity index is 232. The van der Waals surface area contributed by atoms with E-state index in [-0.39, 0.29) is 12.2 Å². The summed E-state index contributed by atoms with van der Waals surface area (Å²) in [5.41, 5.74) is 0. The van der Waals surface area contributed by atoms with E-state index < -0.39 is 5.97 Å². The average molecular weight is 213 g/mol. The Balaban J connectivity index is 3.96. The van der Waals surface area contributed by atoms with Crippen molar-refractivity contribution in [2.24, 2.45) is 0 Å². The normalized spacial score (nSPS) is 10.3. The highest BCUT2D eigenvalue weighted by molar-refractivity contribution is 6.01. The van der Waals surface area contributed by atoms with Gasteiger partial charge in [-0.1, -0.05) is 0 Å². The predicted octanol–water partition coefficient (Wildman–Crippen LogP) is 1.36. The minimum atomic E-state index is -0.466. The number of carbonyl (C=O) groups excluding carboxylic acids is 2. The van der Waals surface area contributed by atoms with Crippen LogP contribution in [0.1, 0.15) is 27.2 Å². The van der Waals surface area contributed by atoms with Crippen LogP contribution in [-0.4, -0.2) is 36.3 Å². The third kappa shape index (κ3) is 6.71. The fraction of sp³-hybridized carbons (Fsp3) is 0.636. The molecule has 0 aliphatic carbocycles. The SMILES string of the molecule is CCOC(=O)CC(=O)C=CN(CC)CC. The van der Waals surface area contributed by atoms with Crippen LogP contribution in [0.3, 0.4) is 0 Å². The molecule has 0 unspecified atom stereocenters. The van der Waals surface area contributed by atoms with E-state index in [0.29, 0.717) is 6.61 Å². The van der Waals surface area contributed by atoms with Gasteiger partial charge in [-0.05, 0) is 26.8 Å². The molecule has 0 aromatic rings. The highest BCUT2D eigenvalue weighted by Crippen LogP contribution is 1.93. The zero-order valence-electron chi connectivity index (χ0n) is 9.66. The topological polar surface area (TPSA) is 46.6 Å². The van der Waals surface area contributed by atoms with Crippen LogP contribution in [0.25, 0.3) is 0 Å². The first-order chi connectivity index (χ1) is 7.13. The van der Waals surface area contributed by atoms with E-state index in [1.54, 1.807) is 13.1 Å². The maximum atomic E-state index is 11.3. The average Bonchev–Trinajstić information content (AvgIpc) is 2.19. The summed E-state index contributed by atoms with van der Waals surface area (Å²) in [5.74, 6) is -0.688. The first-order valence-corrected chi connectivity index (χ1v) is 5.24. The molecule has 0 rings (SSSR count). The van der Waals surface area contributed by atoms with Crippen molar-refractivity contribution in [3.8, 4) is 0 Å². The third-order valence-corrected chi connectivity index (χ3v) is 1.91. The van der Waals surface area contributed by atoms with E-state index in [0.717, 1.165) is 13.1 Å². The van der Waals surface area contributed by atoms with Gasteiger partial charge in [0.2, 0.25) is 0 Å². The molecule has 0 radical (unpaired) electrons. The molecule has 0 fully saturated rings. The zero-order chi connectivity index (χ0) is 11.7. The Morgan fingerprint density at radius 3 is 2.27 bits per heavy atom. The number of hydrogen-bond acceptors (Lipinski definition) is 4. The summed E-state index contributed by atoms with van der Waals surface area (Å²) in [4.78, 5) is 24.2. The molecule has 0 N–H and O–H groups in total. The number of allylic oxidation sites excluding steroid dienone is 1. The van der Waals surface area contributed by atoms with Crippen molar-refractivity contribution in [3.05, 3.63) is 12.3 Å². The van der Waals surface area contributed by atoms with Gasteiger partial charge in [0.1, 0.15) is 6.42 Å². The molecule has 0 saturated carbocycles. The number of hydrogen-bond donors (Lipinski definition) is 0. The zero-order valence-corrected chi connectivity index (χ0v) is 9.66. The first kappa shape index (κ1) is 13.7. The summed E-state index contributed by atoms with van der Waals surface area (Å²) in [6.45, 7) is 7.73. The number of ketones is 1. The molecule has 86 valence electrons. The summed E-state index contributed by atoms with van der Waals surface area (Å²) in [7, 11) is 0. The molecule has 0 heterocycles. The Kier molecular flexibility index (Phi) is 7.32. The van der Waals surface area contributed by atoms with Crippen LogP contribution in [0.5, 0.6) is 0 Å². The van der Waals surface area contributed by atoms with Crippen LogP contribution in [0.2, 0.25) is 0 Å². The van der Waals surface area contributed by atoms with Crippen molar-refractivity contribution in [1.82, 2.24) is 4.90 Å². The van der Waals surface area contributed by atoms with Crippen molar-refractivity contribution in [2.45, 2.75) is 27.2 Å². The van der Waals surface area contributed by atoms with Gasteiger partial charge in [-0.3, -0.25) is 9.59 Å². The Morgan fingerprint density at radius 2 is 1.80 bits per heavy atom. The van der Waals surface area contributed by atoms with Crippen molar-refractivity contribution < 1.29 is 14.3 Å². The molecular weight excluding hydrogens is 194 g/mol. The van der Waals surface area contributed by atoms with Crippen molar-refractivity contribution in [3.63, 3.8) is 0 Å². The van der Waals surface area contributed by atoms with Gasteiger partial charge in [0.15, 0.2) is 5.78 Å². The standard InChI is InChI=1S/C11H19NO3/c1-4-12(5-2)8-7-10(13)9-11(14)15-6-3/h7-8H,4-6,9H2,1-3H3. The fourth-order valence-electron chi connectivity index (χ4n) is 1.04. The van der Waals surface area contributed by atoms with Gasteiger partial charge in [-0.25, -0.2) is 0 Å². The molecule has 0 aliphatic heterocycles.